The minimum Gasteiger partial charge on any atom is -0.352 e. The molecule has 0 aliphatic rings. The monoisotopic (exact) mass is 303 g/mol. The zero-order valence-corrected chi connectivity index (χ0v) is 13.4. The number of nitrogens with one attached hydrogen (secondary N) is 2. The Labute approximate surface area is 130 Å². The molecule has 118 valence electrons. The Morgan fingerprint density at radius 3 is 2.36 bits per heavy atom. The number of aliphatic imine (C=N–C) groups is 1. The lowest BCUT2D eigenvalue weighted by Crippen LogP contribution is -2.36. The highest BCUT2D eigenvalue weighted by atomic mass is 19.1. The van der Waals surface area contributed by atoms with Crippen LogP contribution in [0.2, 0.25) is 0 Å². The normalized spacial score (nSPS) is 11.6. The molecule has 1 aromatic heterocycles. The van der Waals surface area contributed by atoms with E-state index >= 15 is 0 Å². The molecular formula is C16H22FN5. The zero-order chi connectivity index (χ0) is 16.1. The lowest BCUT2D eigenvalue weighted by Gasteiger charge is -2.12. The molecule has 0 aliphatic heterocycles. The lowest BCUT2D eigenvalue weighted by molar-refractivity contribution is 0.626. The summed E-state index contributed by atoms with van der Waals surface area (Å²) in [6, 6.07) is 6.42. The van der Waals surface area contributed by atoms with Crippen molar-refractivity contribution < 1.29 is 4.39 Å². The Morgan fingerprint density at radius 2 is 1.82 bits per heavy atom. The molecule has 0 radical (unpaired) electrons. The van der Waals surface area contributed by atoms with Gasteiger partial charge in [-0.2, -0.15) is 5.10 Å². The van der Waals surface area contributed by atoms with E-state index in [0.29, 0.717) is 19.0 Å². The van der Waals surface area contributed by atoms with E-state index in [0.717, 1.165) is 17.0 Å². The summed E-state index contributed by atoms with van der Waals surface area (Å²) in [7, 11) is 3.66. The first-order valence-corrected chi connectivity index (χ1v) is 7.19. The third-order valence-electron chi connectivity index (χ3n) is 3.69. The molecule has 0 bridgehead atoms. The number of aromatic nitrogens is 2. The Balaban J connectivity index is 1.91. The molecule has 2 N–H and O–H groups in total. The van der Waals surface area contributed by atoms with Crippen LogP contribution in [0.4, 0.5) is 4.39 Å². The molecule has 1 heterocycles. The average molecular weight is 303 g/mol. The summed E-state index contributed by atoms with van der Waals surface area (Å²) in [5, 5.41) is 10.9. The van der Waals surface area contributed by atoms with Crippen LogP contribution in [0, 0.1) is 19.7 Å². The Kier molecular flexibility index (Phi) is 5.14. The standard InChI is InChI=1S/C16H22FN5/c1-11-15(12(2)22(4)21-11)10-20-16(18-3)19-9-13-5-7-14(17)8-6-13/h5-8H,9-10H2,1-4H3,(H2,18,19,20). The average Bonchev–Trinajstić information content (AvgIpc) is 2.75. The van der Waals surface area contributed by atoms with Crippen molar-refractivity contribution in [2.24, 2.45) is 12.0 Å². The third-order valence-corrected chi connectivity index (χ3v) is 3.69. The highest BCUT2D eigenvalue weighted by Gasteiger charge is 2.09. The second-order valence-electron chi connectivity index (χ2n) is 5.18. The molecule has 2 rings (SSSR count). The summed E-state index contributed by atoms with van der Waals surface area (Å²) in [5.41, 5.74) is 4.32. The minimum atomic E-state index is -0.228. The van der Waals surface area contributed by atoms with E-state index in [9.17, 15) is 4.39 Å². The van der Waals surface area contributed by atoms with E-state index < -0.39 is 0 Å². The fourth-order valence-electron chi connectivity index (χ4n) is 2.25. The number of nitrogens with zero attached hydrogens (tertiary/aromatic N) is 3. The second-order valence-corrected chi connectivity index (χ2v) is 5.18. The summed E-state index contributed by atoms with van der Waals surface area (Å²) in [6.45, 7) is 5.30. The van der Waals surface area contributed by atoms with E-state index in [1.54, 1.807) is 19.2 Å². The van der Waals surface area contributed by atoms with Crippen molar-refractivity contribution in [2.45, 2.75) is 26.9 Å². The molecule has 0 fully saturated rings. The summed E-state index contributed by atoms with van der Waals surface area (Å²) < 4.78 is 14.7. The van der Waals surface area contributed by atoms with E-state index in [2.05, 4.69) is 20.7 Å². The van der Waals surface area contributed by atoms with Crippen molar-refractivity contribution >= 4 is 5.96 Å². The highest BCUT2D eigenvalue weighted by molar-refractivity contribution is 5.79. The maximum absolute atomic E-state index is 12.9. The first kappa shape index (κ1) is 16.0. The second kappa shape index (κ2) is 7.06. The van der Waals surface area contributed by atoms with Crippen LogP contribution in [0.3, 0.4) is 0 Å². The van der Waals surface area contributed by atoms with Crippen molar-refractivity contribution in [1.82, 2.24) is 20.4 Å². The van der Waals surface area contributed by atoms with Gasteiger partial charge in [0.15, 0.2) is 5.96 Å². The van der Waals surface area contributed by atoms with Gasteiger partial charge >= 0.3 is 0 Å². The van der Waals surface area contributed by atoms with Crippen LogP contribution in [-0.2, 0) is 20.1 Å². The third kappa shape index (κ3) is 3.84. The van der Waals surface area contributed by atoms with Gasteiger partial charge in [0.05, 0.1) is 5.69 Å². The minimum absolute atomic E-state index is 0.228. The van der Waals surface area contributed by atoms with Gasteiger partial charge in [-0.3, -0.25) is 9.67 Å². The van der Waals surface area contributed by atoms with Crippen LogP contribution in [0.15, 0.2) is 29.3 Å². The van der Waals surface area contributed by atoms with Crippen LogP contribution in [0.1, 0.15) is 22.5 Å². The Bertz CT molecular complexity index is 658. The van der Waals surface area contributed by atoms with Gasteiger partial charge in [0.25, 0.3) is 0 Å². The number of halogens is 1. The van der Waals surface area contributed by atoms with Gasteiger partial charge in [-0.15, -0.1) is 0 Å². The van der Waals surface area contributed by atoms with Crippen LogP contribution in [0.25, 0.3) is 0 Å². The largest absolute Gasteiger partial charge is 0.352 e. The van der Waals surface area contributed by atoms with Crippen LogP contribution in [0.5, 0.6) is 0 Å². The van der Waals surface area contributed by atoms with Crippen molar-refractivity contribution in [2.75, 3.05) is 7.05 Å². The van der Waals surface area contributed by atoms with Crippen molar-refractivity contribution in [3.05, 3.63) is 52.6 Å². The fraction of sp³-hybridized carbons (Fsp3) is 0.375. The summed E-state index contributed by atoms with van der Waals surface area (Å²) >= 11 is 0. The van der Waals surface area contributed by atoms with Gasteiger partial charge in [0, 0.05) is 38.4 Å². The van der Waals surface area contributed by atoms with Crippen LogP contribution < -0.4 is 10.6 Å². The summed E-state index contributed by atoms with van der Waals surface area (Å²) in [5.74, 6) is 0.473. The molecule has 5 nitrogen and oxygen atoms in total. The zero-order valence-electron chi connectivity index (χ0n) is 13.4. The van der Waals surface area contributed by atoms with Gasteiger partial charge < -0.3 is 10.6 Å². The molecule has 0 atom stereocenters. The molecule has 0 spiro atoms. The number of guanidine groups is 1. The number of benzene rings is 1. The number of aryl methyl sites for hydroxylation is 2. The van der Waals surface area contributed by atoms with Gasteiger partial charge in [-0.1, -0.05) is 12.1 Å². The van der Waals surface area contributed by atoms with E-state index in [1.165, 1.54) is 17.7 Å². The molecule has 22 heavy (non-hydrogen) atoms. The van der Waals surface area contributed by atoms with Crippen molar-refractivity contribution in [1.29, 1.82) is 0 Å². The van der Waals surface area contributed by atoms with Gasteiger partial charge in [0.1, 0.15) is 5.82 Å². The van der Waals surface area contributed by atoms with Crippen molar-refractivity contribution in [3.63, 3.8) is 0 Å². The quantitative estimate of drug-likeness (QED) is 0.671. The topological polar surface area (TPSA) is 54.2 Å². The number of hydrogen-bond acceptors (Lipinski definition) is 2. The molecule has 6 heteroatoms. The van der Waals surface area contributed by atoms with Crippen LogP contribution >= 0.6 is 0 Å². The number of rotatable bonds is 4. The molecule has 0 aliphatic carbocycles. The van der Waals surface area contributed by atoms with E-state index in [-0.39, 0.29) is 5.82 Å². The molecule has 0 saturated heterocycles. The molecule has 0 amide bonds. The predicted molar refractivity (Wildman–Crippen MR) is 86.1 cm³/mol. The van der Waals surface area contributed by atoms with Gasteiger partial charge in [0.2, 0.25) is 0 Å². The Morgan fingerprint density at radius 1 is 1.18 bits per heavy atom. The van der Waals surface area contributed by atoms with E-state index in [1.807, 2.05) is 25.6 Å². The smallest absolute Gasteiger partial charge is 0.191 e. The predicted octanol–water partition coefficient (Wildman–Crippen LogP) is 2.04. The SMILES string of the molecule is CN=C(NCc1ccc(F)cc1)NCc1c(C)nn(C)c1C. The molecule has 0 saturated carbocycles. The first-order chi connectivity index (χ1) is 10.5. The van der Waals surface area contributed by atoms with E-state index in [4.69, 9.17) is 0 Å². The maximum Gasteiger partial charge on any atom is 0.191 e. The summed E-state index contributed by atoms with van der Waals surface area (Å²) in [4.78, 5) is 4.20. The number of hydrogen-bond donors (Lipinski definition) is 2. The molecule has 2 aromatic rings. The molecule has 0 unspecified atom stereocenters. The lowest BCUT2D eigenvalue weighted by atomic mass is 10.2. The Hall–Kier alpha value is -2.37. The summed E-state index contributed by atoms with van der Waals surface area (Å²) in [6.07, 6.45) is 0. The molecule has 1 aromatic carbocycles. The van der Waals surface area contributed by atoms with Crippen molar-refractivity contribution in [3.8, 4) is 0 Å². The maximum atomic E-state index is 12.9. The van der Waals surface area contributed by atoms with Gasteiger partial charge in [-0.25, -0.2) is 4.39 Å². The first-order valence-electron chi connectivity index (χ1n) is 7.19. The highest BCUT2D eigenvalue weighted by Crippen LogP contribution is 2.11. The van der Waals surface area contributed by atoms with Gasteiger partial charge in [-0.05, 0) is 31.5 Å². The molecular weight excluding hydrogens is 281 g/mol. The van der Waals surface area contributed by atoms with Crippen LogP contribution in [-0.4, -0.2) is 22.8 Å². The fourth-order valence-corrected chi connectivity index (χ4v) is 2.25.